The molecule has 0 heterocycles. The highest BCUT2D eigenvalue weighted by Crippen LogP contribution is 2.24. The first-order valence-corrected chi connectivity index (χ1v) is 11.7. The average Bonchev–Trinajstić information content (AvgIpc) is 2.71. The lowest BCUT2D eigenvalue weighted by atomic mass is 9.99. The highest BCUT2D eigenvalue weighted by Gasteiger charge is 2.21. The van der Waals surface area contributed by atoms with Crippen LogP contribution in [0.3, 0.4) is 0 Å². The van der Waals surface area contributed by atoms with Crippen molar-refractivity contribution in [1.29, 1.82) is 0 Å². The first kappa shape index (κ1) is 23.4. The van der Waals surface area contributed by atoms with Crippen molar-refractivity contribution in [3.8, 4) is 0 Å². The molecule has 2 rings (SSSR count). The minimum Gasteiger partial charge on any atom is -0.469 e. The number of carbonyl (C=O) groups excluding carboxylic acids is 1. The number of halogens is 1. The van der Waals surface area contributed by atoms with Gasteiger partial charge >= 0.3 is 5.97 Å². The molecular formula is C22H28ClNO4S. The fourth-order valence-electron chi connectivity index (χ4n) is 3.03. The predicted molar refractivity (Wildman–Crippen MR) is 115 cm³/mol. The van der Waals surface area contributed by atoms with Crippen LogP contribution in [-0.4, -0.2) is 21.5 Å². The lowest BCUT2D eigenvalue weighted by Crippen LogP contribution is -2.28. The molecular weight excluding hydrogens is 410 g/mol. The second kappa shape index (κ2) is 11.3. The number of esters is 1. The maximum absolute atomic E-state index is 12.8. The summed E-state index contributed by atoms with van der Waals surface area (Å²) in [4.78, 5) is 11.4. The van der Waals surface area contributed by atoms with Gasteiger partial charge in [-0.25, -0.2) is 13.1 Å². The van der Waals surface area contributed by atoms with Gasteiger partial charge in [-0.05, 0) is 54.7 Å². The van der Waals surface area contributed by atoms with Crippen molar-refractivity contribution < 1.29 is 17.9 Å². The number of unbranched alkanes of at least 4 members (excludes halogenated alkanes) is 1. The molecule has 1 N–H and O–H groups in total. The fraction of sp³-hybridized carbons (Fsp3) is 0.409. The number of ether oxygens (including phenoxy) is 1. The van der Waals surface area contributed by atoms with Crippen LogP contribution in [0, 0.1) is 0 Å². The van der Waals surface area contributed by atoms with Crippen LogP contribution in [0.5, 0.6) is 0 Å². The van der Waals surface area contributed by atoms with Crippen LogP contribution in [0.25, 0.3) is 0 Å². The predicted octanol–water partition coefficient (Wildman–Crippen LogP) is 5.05. The van der Waals surface area contributed by atoms with Gasteiger partial charge in [0, 0.05) is 17.5 Å². The van der Waals surface area contributed by atoms with Gasteiger partial charge in [-0.1, -0.05) is 55.6 Å². The first-order chi connectivity index (χ1) is 13.9. The topological polar surface area (TPSA) is 72.5 Å². The lowest BCUT2D eigenvalue weighted by Gasteiger charge is -2.19. The van der Waals surface area contributed by atoms with E-state index >= 15 is 0 Å². The molecule has 0 spiro atoms. The molecule has 0 aliphatic carbocycles. The Morgan fingerprint density at radius 3 is 2.31 bits per heavy atom. The van der Waals surface area contributed by atoms with E-state index in [1.54, 1.807) is 12.1 Å². The van der Waals surface area contributed by atoms with E-state index in [4.69, 9.17) is 11.6 Å². The van der Waals surface area contributed by atoms with E-state index < -0.39 is 10.0 Å². The Hall–Kier alpha value is -1.89. The normalized spacial score (nSPS) is 12.5. The summed E-state index contributed by atoms with van der Waals surface area (Å²) in [5.41, 5.74) is 2.03. The summed E-state index contributed by atoms with van der Waals surface area (Å²) in [6.45, 7) is 2.08. The van der Waals surface area contributed by atoms with Gasteiger partial charge < -0.3 is 4.74 Å². The van der Waals surface area contributed by atoms with E-state index in [-0.39, 0.29) is 16.9 Å². The van der Waals surface area contributed by atoms with Gasteiger partial charge in [-0.3, -0.25) is 4.79 Å². The Labute approximate surface area is 178 Å². The van der Waals surface area contributed by atoms with E-state index in [0.717, 1.165) is 30.4 Å². The molecule has 0 saturated carbocycles. The third-order valence-electron chi connectivity index (χ3n) is 4.72. The Bertz CT molecular complexity index is 880. The molecule has 7 heteroatoms. The summed E-state index contributed by atoms with van der Waals surface area (Å²) in [5.74, 6) is -0.210. The van der Waals surface area contributed by atoms with Crippen molar-refractivity contribution >= 4 is 27.6 Å². The van der Waals surface area contributed by atoms with Crippen molar-refractivity contribution in [2.24, 2.45) is 0 Å². The van der Waals surface area contributed by atoms with E-state index in [9.17, 15) is 13.2 Å². The zero-order chi connectivity index (χ0) is 21.3. The van der Waals surface area contributed by atoms with Crippen molar-refractivity contribution in [1.82, 2.24) is 4.72 Å². The summed E-state index contributed by atoms with van der Waals surface area (Å²) >= 11 is 5.87. The van der Waals surface area contributed by atoms with E-state index in [2.05, 4.69) is 16.4 Å². The van der Waals surface area contributed by atoms with Gasteiger partial charge in [0.1, 0.15) is 0 Å². The smallest absolute Gasteiger partial charge is 0.305 e. The minimum atomic E-state index is -3.65. The zero-order valence-electron chi connectivity index (χ0n) is 16.9. The van der Waals surface area contributed by atoms with E-state index in [1.807, 2.05) is 24.3 Å². The molecule has 0 amide bonds. The van der Waals surface area contributed by atoms with Gasteiger partial charge in [0.15, 0.2) is 0 Å². The number of aryl methyl sites for hydroxylation is 1. The summed E-state index contributed by atoms with van der Waals surface area (Å²) in [7, 11) is -2.26. The molecule has 158 valence electrons. The largest absolute Gasteiger partial charge is 0.469 e. The summed E-state index contributed by atoms with van der Waals surface area (Å²) in [5, 5.41) is 0.495. The molecule has 0 aromatic heterocycles. The van der Waals surface area contributed by atoms with Gasteiger partial charge in [0.25, 0.3) is 0 Å². The molecule has 2 aromatic carbocycles. The van der Waals surface area contributed by atoms with Crippen LogP contribution in [0.15, 0.2) is 53.4 Å². The Morgan fingerprint density at radius 1 is 1.07 bits per heavy atom. The van der Waals surface area contributed by atoms with Crippen LogP contribution in [0.1, 0.15) is 56.2 Å². The van der Waals surface area contributed by atoms with Gasteiger partial charge in [-0.2, -0.15) is 0 Å². The van der Waals surface area contributed by atoms with Crippen LogP contribution in [-0.2, 0) is 26.0 Å². The molecule has 0 saturated heterocycles. The van der Waals surface area contributed by atoms with Gasteiger partial charge in [0.2, 0.25) is 10.0 Å². The number of benzene rings is 2. The van der Waals surface area contributed by atoms with E-state index in [1.165, 1.54) is 19.2 Å². The second-order valence-electron chi connectivity index (χ2n) is 6.94. The molecule has 1 atom stereocenters. The summed E-state index contributed by atoms with van der Waals surface area (Å²) < 4.78 is 33.1. The van der Waals surface area contributed by atoms with Crippen molar-refractivity contribution in [2.75, 3.05) is 7.11 Å². The number of hydrogen-bond acceptors (Lipinski definition) is 4. The number of methoxy groups -OCH3 is 1. The molecule has 0 aliphatic rings. The minimum absolute atomic E-state index is 0.197. The average molecular weight is 438 g/mol. The molecule has 0 fully saturated rings. The van der Waals surface area contributed by atoms with Crippen LogP contribution in [0.2, 0.25) is 5.02 Å². The first-order valence-electron chi connectivity index (χ1n) is 9.79. The number of sulfonamides is 1. The monoisotopic (exact) mass is 437 g/mol. The molecule has 5 nitrogen and oxygen atoms in total. The molecule has 0 bridgehead atoms. The van der Waals surface area contributed by atoms with Crippen molar-refractivity contribution in [2.45, 2.75) is 56.4 Å². The molecule has 29 heavy (non-hydrogen) atoms. The van der Waals surface area contributed by atoms with Gasteiger partial charge in [0.05, 0.1) is 12.0 Å². The lowest BCUT2D eigenvalue weighted by molar-refractivity contribution is -0.140. The highest BCUT2D eigenvalue weighted by molar-refractivity contribution is 7.89. The molecule has 1 unspecified atom stereocenters. The van der Waals surface area contributed by atoms with Crippen molar-refractivity contribution in [3.63, 3.8) is 0 Å². The number of hydrogen-bond donors (Lipinski definition) is 1. The molecule has 0 aliphatic heterocycles. The third-order valence-corrected chi connectivity index (χ3v) is 6.46. The SMILES string of the molecule is CCCCC(NS(=O)(=O)c1ccc(Cl)cc1)c1ccc(CCCC(=O)OC)cc1. The quantitative estimate of drug-likeness (QED) is 0.499. The third kappa shape index (κ3) is 7.46. The molecule has 0 radical (unpaired) electrons. The van der Waals surface area contributed by atoms with Crippen LogP contribution >= 0.6 is 11.6 Å². The maximum Gasteiger partial charge on any atom is 0.305 e. The van der Waals surface area contributed by atoms with Crippen LogP contribution in [0.4, 0.5) is 0 Å². The van der Waals surface area contributed by atoms with Crippen molar-refractivity contribution in [3.05, 3.63) is 64.7 Å². The maximum atomic E-state index is 12.8. The fourth-order valence-corrected chi connectivity index (χ4v) is 4.41. The number of nitrogens with one attached hydrogen (secondary N) is 1. The number of rotatable bonds is 11. The number of carbonyl (C=O) groups is 1. The zero-order valence-corrected chi connectivity index (χ0v) is 18.4. The Balaban J connectivity index is 2.10. The molecule has 2 aromatic rings. The highest BCUT2D eigenvalue weighted by atomic mass is 35.5. The summed E-state index contributed by atoms with van der Waals surface area (Å²) in [6.07, 6.45) is 4.47. The van der Waals surface area contributed by atoms with E-state index in [0.29, 0.717) is 24.3 Å². The Kier molecular flexibility index (Phi) is 9.14. The Morgan fingerprint density at radius 2 is 1.72 bits per heavy atom. The van der Waals surface area contributed by atoms with Gasteiger partial charge in [-0.15, -0.1) is 0 Å². The standard InChI is InChI=1S/C22H28ClNO4S/c1-3-4-7-21(24-29(26,27)20-15-13-19(23)14-16-20)18-11-9-17(10-12-18)6-5-8-22(25)28-2/h9-16,21,24H,3-8H2,1-2H3. The summed E-state index contributed by atoms with van der Waals surface area (Å²) in [6, 6.07) is 13.7. The van der Waals surface area contributed by atoms with Crippen LogP contribution < -0.4 is 4.72 Å². The second-order valence-corrected chi connectivity index (χ2v) is 9.09.